The molecule has 0 saturated carbocycles. The van der Waals surface area contributed by atoms with Crippen LogP contribution in [0, 0.1) is 6.92 Å². The molecule has 0 radical (unpaired) electrons. The molecule has 0 atom stereocenters. The molecule has 7 heteroatoms. The van der Waals surface area contributed by atoms with Crippen LogP contribution >= 0.6 is 15.9 Å². The van der Waals surface area contributed by atoms with Crippen molar-refractivity contribution in [3.05, 3.63) is 45.7 Å². The quantitative estimate of drug-likeness (QED) is 0.815. The molecular weight excluding hydrogens is 354 g/mol. The van der Waals surface area contributed by atoms with Gasteiger partial charge in [0.1, 0.15) is 4.90 Å². The van der Waals surface area contributed by atoms with Crippen LogP contribution in [0.3, 0.4) is 0 Å². The SMILES string of the molecule is Cc1c(S(=O)(=O)N2CCc3cc(Br)ccc3C2)cnn1C. The lowest BCUT2D eigenvalue weighted by molar-refractivity contribution is 0.391. The minimum Gasteiger partial charge on any atom is -0.272 e. The highest BCUT2D eigenvalue weighted by atomic mass is 79.9. The van der Waals surface area contributed by atoms with Gasteiger partial charge in [0.15, 0.2) is 0 Å². The van der Waals surface area contributed by atoms with Gasteiger partial charge in [0, 0.05) is 24.6 Å². The van der Waals surface area contributed by atoms with E-state index in [0.29, 0.717) is 23.7 Å². The van der Waals surface area contributed by atoms with Crippen LogP contribution in [0.1, 0.15) is 16.8 Å². The molecule has 1 aromatic carbocycles. The van der Waals surface area contributed by atoms with Crippen LogP contribution in [0.5, 0.6) is 0 Å². The highest BCUT2D eigenvalue weighted by molar-refractivity contribution is 9.10. The van der Waals surface area contributed by atoms with Crippen LogP contribution in [0.4, 0.5) is 0 Å². The molecule has 0 spiro atoms. The number of benzene rings is 1. The number of fused-ring (bicyclic) bond motifs is 1. The zero-order valence-corrected chi connectivity index (χ0v) is 14.3. The van der Waals surface area contributed by atoms with Crippen molar-refractivity contribution in [3.63, 3.8) is 0 Å². The number of halogens is 1. The third kappa shape index (κ3) is 2.54. The second-order valence-corrected chi connectivity index (χ2v) is 8.04. The molecule has 0 fully saturated rings. The van der Waals surface area contributed by atoms with Crippen molar-refractivity contribution in [2.24, 2.45) is 7.05 Å². The lowest BCUT2D eigenvalue weighted by atomic mass is 10.0. The number of aryl methyl sites for hydroxylation is 1. The standard InChI is InChI=1S/C14H16BrN3O2S/c1-10-14(8-16-17(10)2)21(19,20)18-6-5-11-7-13(15)4-3-12(11)9-18/h3-4,7-8H,5-6,9H2,1-2H3. The Balaban J connectivity index is 1.95. The van der Waals surface area contributed by atoms with Gasteiger partial charge >= 0.3 is 0 Å². The molecular formula is C14H16BrN3O2S. The predicted octanol–water partition coefficient (Wildman–Crippen LogP) is 2.24. The molecule has 5 nitrogen and oxygen atoms in total. The van der Waals surface area contributed by atoms with Crippen LogP contribution in [-0.4, -0.2) is 29.0 Å². The molecule has 2 aromatic rings. The predicted molar refractivity (Wildman–Crippen MR) is 83.4 cm³/mol. The monoisotopic (exact) mass is 369 g/mol. The van der Waals surface area contributed by atoms with E-state index in [1.165, 1.54) is 16.1 Å². The Morgan fingerprint density at radius 1 is 1.29 bits per heavy atom. The van der Waals surface area contributed by atoms with Crippen LogP contribution in [0.25, 0.3) is 0 Å². The van der Waals surface area contributed by atoms with Gasteiger partial charge in [0.25, 0.3) is 0 Å². The van der Waals surface area contributed by atoms with Crippen molar-refractivity contribution in [1.82, 2.24) is 14.1 Å². The number of hydrogen-bond donors (Lipinski definition) is 0. The highest BCUT2D eigenvalue weighted by Crippen LogP contribution is 2.27. The maximum Gasteiger partial charge on any atom is 0.246 e. The van der Waals surface area contributed by atoms with E-state index in [0.717, 1.165) is 16.5 Å². The van der Waals surface area contributed by atoms with Gasteiger partial charge in [-0.1, -0.05) is 22.0 Å². The van der Waals surface area contributed by atoms with Crippen molar-refractivity contribution >= 4 is 26.0 Å². The Hall–Kier alpha value is -1.18. The summed E-state index contributed by atoms with van der Waals surface area (Å²) in [4.78, 5) is 0.297. The molecule has 0 amide bonds. The Morgan fingerprint density at radius 2 is 2.05 bits per heavy atom. The second kappa shape index (κ2) is 5.23. The first-order valence-electron chi connectivity index (χ1n) is 6.65. The zero-order chi connectivity index (χ0) is 15.2. The van der Waals surface area contributed by atoms with E-state index >= 15 is 0 Å². The Morgan fingerprint density at radius 3 is 2.71 bits per heavy atom. The fourth-order valence-corrected chi connectivity index (χ4v) is 4.58. The van der Waals surface area contributed by atoms with Crippen molar-refractivity contribution in [3.8, 4) is 0 Å². The van der Waals surface area contributed by atoms with Crippen LogP contribution < -0.4 is 0 Å². The minimum atomic E-state index is -3.49. The van der Waals surface area contributed by atoms with Crippen molar-refractivity contribution in [2.45, 2.75) is 24.8 Å². The lowest BCUT2D eigenvalue weighted by Gasteiger charge is -2.28. The van der Waals surface area contributed by atoms with Crippen LogP contribution in [0.2, 0.25) is 0 Å². The minimum absolute atomic E-state index is 0.297. The van der Waals surface area contributed by atoms with E-state index in [2.05, 4.69) is 27.1 Å². The molecule has 112 valence electrons. The number of hydrogen-bond acceptors (Lipinski definition) is 3. The van der Waals surface area contributed by atoms with Gasteiger partial charge in [-0.15, -0.1) is 0 Å². The lowest BCUT2D eigenvalue weighted by Crippen LogP contribution is -2.36. The van der Waals surface area contributed by atoms with Gasteiger partial charge in [-0.25, -0.2) is 8.42 Å². The average Bonchev–Trinajstić information content (AvgIpc) is 2.79. The Bertz CT molecular complexity index is 799. The highest BCUT2D eigenvalue weighted by Gasteiger charge is 2.30. The van der Waals surface area contributed by atoms with E-state index in [1.807, 2.05) is 12.1 Å². The number of nitrogens with zero attached hydrogens (tertiary/aromatic N) is 3. The number of rotatable bonds is 2. The summed E-state index contributed by atoms with van der Waals surface area (Å²) >= 11 is 3.45. The van der Waals surface area contributed by atoms with Gasteiger partial charge in [-0.3, -0.25) is 4.68 Å². The molecule has 1 aliphatic heterocycles. The summed E-state index contributed by atoms with van der Waals surface area (Å²) in [6.07, 6.45) is 2.16. The van der Waals surface area contributed by atoms with E-state index < -0.39 is 10.0 Å². The second-order valence-electron chi connectivity index (χ2n) is 5.22. The maximum atomic E-state index is 12.8. The summed E-state index contributed by atoms with van der Waals surface area (Å²) in [6.45, 7) is 2.69. The summed E-state index contributed by atoms with van der Waals surface area (Å²) in [5.41, 5.74) is 2.94. The fourth-order valence-electron chi connectivity index (χ4n) is 2.57. The Kier molecular flexibility index (Phi) is 3.67. The third-order valence-electron chi connectivity index (χ3n) is 3.95. The first-order chi connectivity index (χ1) is 9.89. The molecule has 0 saturated heterocycles. The van der Waals surface area contributed by atoms with Gasteiger partial charge in [0.05, 0.1) is 11.9 Å². The number of sulfonamides is 1. The van der Waals surface area contributed by atoms with Gasteiger partial charge in [0.2, 0.25) is 10.0 Å². The molecule has 0 unspecified atom stereocenters. The normalized spacial score (nSPS) is 16.0. The zero-order valence-electron chi connectivity index (χ0n) is 11.9. The van der Waals surface area contributed by atoms with E-state index in [1.54, 1.807) is 18.7 Å². The molecule has 1 aliphatic rings. The molecule has 0 bridgehead atoms. The van der Waals surface area contributed by atoms with E-state index in [9.17, 15) is 8.42 Å². The van der Waals surface area contributed by atoms with Crippen LogP contribution in [0.15, 0.2) is 33.8 Å². The molecule has 1 aromatic heterocycles. The van der Waals surface area contributed by atoms with E-state index in [4.69, 9.17) is 0 Å². The smallest absolute Gasteiger partial charge is 0.246 e. The Labute approximate surface area is 132 Å². The van der Waals surface area contributed by atoms with Gasteiger partial charge in [-0.05, 0) is 36.6 Å². The topological polar surface area (TPSA) is 55.2 Å². The van der Waals surface area contributed by atoms with Gasteiger partial charge in [-0.2, -0.15) is 9.40 Å². The summed E-state index contributed by atoms with van der Waals surface area (Å²) in [5.74, 6) is 0. The molecule has 2 heterocycles. The first-order valence-corrected chi connectivity index (χ1v) is 8.89. The number of aromatic nitrogens is 2. The summed E-state index contributed by atoms with van der Waals surface area (Å²) in [5, 5.41) is 4.04. The van der Waals surface area contributed by atoms with Crippen molar-refractivity contribution in [2.75, 3.05) is 6.54 Å². The average molecular weight is 370 g/mol. The molecule has 21 heavy (non-hydrogen) atoms. The molecule has 0 aliphatic carbocycles. The van der Waals surface area contributed by atoms with Crippen molar-refractivity contribution in [1.29, 1.82) is 0 Å². The van der Waals surface area contributed by atoms with Gasteiger partial charge < -0.3 is 0 Å². The molecule has 0 N–H and O–H groups in total. The molecule has 3 rings (SSSR count). The largest absolute Gasteiger partial charge is 0.272 e. The summed E-state index contributed by atoms with van der Waals surface area (Å²) < 4.78 is 29.7. The summed E-state index contributed by atoms with van der Waals surface area (Å²) in [7, 11) is -1.74. The van der Waals surface area contributed by atoms with Crippen LogP contribution in [-0.2, 0) is 30.0 Å². The third-order valence-corrected chi connectivity index (χ3v) is 6.39. The summed E-state index contributed by atoms with van der Waals surface area (Å²) in [6, 6.07) is 6.00. The first kappa shape index (κ1) is 14.7. The van der Waals surface area contributed by atoms with Crippen molar-refractivity contribution < 1.29 is 8.42 Å². The fraction of sp³-hybridized carbons (Fsp3) is 0.357. The maximum absolute atomic E-state index is 12.8. The van der Waals surface area contributed by atoms with E-state index in [-0.39, 0.29) is 0 Å².